The maximum absolute atomic E-state index is 12.3. The van der Waals surface area contributed by atoms with Gasteiger partial charge in [0.25, 0.3) is 10.1 Å². The lowest BCUT2D eigenvalue weighted by Gasteiger charge is -2.32. The summed E-state index contributed by atoms with van der Waals surface area (Å²) in [7, 11) is -5.12. The average molecular weight is 524 g/mol. The van der Waals surface area contributed by atoms with Gasteiger partial charge < -0.3 is 16.4 Å². The van der Waals surface area contributed by atoms with Crippen molar-refractivity contribution in [3.05, 3.63) is 0 Å². The summed E-state index contributed by atoms with van der Waals surface area (Å²) in [6.07, 6.45) is 17.0. The minimum Gasteiger partial charge on any atom is -0.481 e. The van der Waals surface area contributed by atoms with Gasteiger partial charge >= 0.3 is 11.9 Å². The molecule has 0 saturated carbocycles. The van der Waals surface area contributed by atoms with Crippen LogP contribution in [0.1, 0.15) is 142 Å². The standard InChI is InChI=1S/C26H50O7S.H3N/c1-3-5-7-9-11-13-15-17-19-21-23(24(27)28)26(25(29)30,34(31,32)33)22-20-18-16-14-12-10-8-6-4-2;/h23H,3-22H2,1-2H3,(H,27,28)(H,29,30)(H,31,32,33);1H3. The Morgan fingerprint density at radius 2 is 1.00 bits per heavy atom. The third-order valence-electron chi connectivity index (χ3n) is 6.93. The Labute approximate surface area is 214 Å². The molecule has 0 heterocycles. The van der Waals surface area contributed by atoms with E-state index >= 15 is 0 Å². The van der Waals surface area contributed by atoms with E-state index in [0.29, 0.717) is 12.8 Å². The Kier molecular flexibility index (Phi) is 21.5. The Hall–Kier alpha value is -1.19. The normalized spacial score (nSPS) is 14.1. The van der Waals surface area contributed by atoms with Gasteiger partial charge in [0.2, 0.25) is 4.75 Å². The van der Waals surface area contributed by atoms with Gasteiger partial charge in [0, 0.05) is 0 Å². The summed E-state index contributed by atoms with van der Waals surface area (Å²) in [6, 6.07) is 0. The molecule has 2 unspecified atom stereocenters. The second kappa shape index (κ2) is 20.9. The lowest BCUT2D eigenvalue weighted by atomic mass is 9.82. The fourth-order valence-corrected chi connectivity index (χ4v) is 5.96. The minimum atomic E-state index is -5.12. The SMILES string of the molecule is CCCCCCCCCCCC(C(=O)O)C(CCCCCCCCCCC)(C(=O)O)S(=O)(=O)O.N. The molecule has 0 rings (SSSR count). The van der Waals surface area contributed by atoms with Crippen LogP contribution in [0.25, 0.3) is 0 Å². The maximum atomic E-state index is 12.3. The first-order valence-corrected chi connectivity index (χ1v) is 15.0. The number of aliphatic carboxylic acids is 2. The summed E-state index contributed by atoms with van der Waals surface area (Å²) in [5, 5.41) is 19.6. The molecule has 0 radical (unpaired) electrons. The lowest BCUT2D eigenvalue weighted by molar-refractivity contribution is -0.152. The van der Waals surface area contributed by atoms with Crippen LogP contribution in [0.2, 0.25) is 0 Å². The monoisotopic (exact) mass is 523 g/mol. The summed E-state index contributed by atoms with van der Waals surface area (Å²) < 4.78 is 31.8. The summed E-state index contributed by atoms with van der Waals surface area (Å²) in [4.78, 5) is 24.1. The smallest absolute Gasteiger partial charge is 0.328 e. The second-order valence-electron chi connectivity index (χ2n) is 9.76. The predicted molar refractivity (Wildman–Crippen MR) is 142 cm³/mol. The van der Waals surface area contributed by atoms with Crippen molar-refractivity contribution in [2.45, 2.75) is 147 Å². The zero-order valence-electron chi connectivity index (χ0n) is 22.3. The summed E-state index contributed by atoms with van der Waals surface area (Å²) >= 11 is 0. The fraction of sp³-hybridized carbons (Fsp3) is 0.923. The largest absolute Gasteiger partial charge is 0.481 e. The van der Waals surface area contributed by atoms with Crippen LogP contribution in [0.3, 0.4) is 0 Å². The number of rotatable bonds is 24. The van der Waals surface area contributed by atoms with Gasteiger partial charge in [-0.2, -0.15) is 8.42 Å². The highest BCUT2D eigenvalue weighted by Gasteiger charge is 2.58. The van der Waals surface area contributed by atoms with Crippen molar-refractivity contribution in [2.75, 3.05) is 0 Å². The first-order valence-electron chi connectivity index (χ1n) is 13.6. The van der Waals surface area contributed by atoms with Gasteiger partial charge in [-0.3, -0.25) is 14.1 Å². The molecule has 0 aliphatic rings. The Morgan fingerprint density at radius 3 is 1.31 bits per heavy atom. The minimum absolute atomic E-state index is 0. The number of carboxylic acids is 2. The number of hydrogen-bond acceptors (Lipinski definition) is 5. The Bertz CT molecular complexity index is 654. The molecule has 0 aromatic carbocycles. The third kappa shape index (κ3) is 14.2. The molecule has 6 N–H and O–H groups in total. The van der Waals surface area contributed by atoms with Gasteiger partial charge in [-0.1, -0.05) is 129 Å². The van der Waals surface area contributed by atoms with Crippen molar-refractivity contribution in [1.29, 1.82) is 0 Å². The van der Waals surface area contributed by atoms with E-state index in [-0.39, 0.29) is 25.4 Å². The van der Waals surface area contributed by atoms with Crippen molar-refractivity contribution in [3.8, 4) is 0 Å². The molecule has 210 valence electrons. The number of hydrogen-bond donors (Lipinski definition) is 4. The molecule has 0 spiro atoms. The highest BCUT2D eigenvalue weighted by Crippen LogP contribution is 2.37. The molecule has 0 amide bonds. The van der Waals surface area contributed by atoms with E-state index < -0.39 is 32.7 Å². The van der Waals surface area contributed by atoms with Gasteiger partial charge in [0.05, 0.1) is 5.92 Å². The molecule has 0 aliphatic heterocycles. The Morgan fingerprint density at radius 1 is 0.657 bits per heavy atom. The van der Waals surface area contributed by atoms with Crippen LogP contribution in [-0.4, -0.2) is 39.9 Å². The van der Waals surface area contributed by atoms with Crippen LogP contribution in [0.5, 0.6) is 0 Å². The van der Waals surface area contributed by atoms with Crippen LogP contribution in [-0.2, 0) is 19.7 Å². The van der Waals surface area contributed by atoms with Crippen molar-refractivity contribution in [2.24, 2.45) is 5.92 Å². The fourth-order valence-electron chi connectivity index (χ4n) is 4.76. The van der Waals surface area contributed by atoms with E-state index in [2.05, 4.69) is 13.8 Å². The Balaban J connectivity index is 0. The molecule has 0 aliphatic carbocycles. The van der Waals surface area contributed by atoms with Crippen LogP contribution >= 0.6 is 0 Å². The van der Waals surface area contributed by atoms with Gasteiger partial charge in [0.1, 0.15) is 0 Å². The molecule has 0 aromatic heterocycles. The highest BCUT2D eigenvalue weighted by atomic mass is 32.2. The van der Waals surface area contributed by atoms with Crippen LogP contribution in [0, 0.1) is 5.92 Å². The van der Waals surface area contributed by atoms with Gasteiger partial charge in [0.15, 0.2) is 0 Å². The van der Waals surface area contributed by atoms with Gasteiger partial charge in [-0.25, -0.2) is 0 Å². The van der Waals surface area contributed by atoms with Crippen molar-refractivity contribution >= 4 is 22.1 Å². The lowest BCUT2D eigenvalue weighted by Crippen LogP contribution is -2.55. The number of unbranched alkanes of at least 4 members (excludes halogenated alkanes) is 16. The van der Waals surface area contributed by atoms with Crippen LogP contribution in [0.4, 0.5) is 0 Å². The molecule has 0 fully saturated rings. The molecule has 35 heavy (non-hydrogen) atoms. The van der Waals surface area contributed by atoms with E-state index in [1.54, 1.807) is 0 Å². The first-order chi connectivity index (χ1) is 16.1. The average Bonchev–Trinajstić information content (AvgIpc) is 2.76. The van der Waals surface area contributed by atoms with Gasteiger partial charge in [-0.15, -0.1) is 0 Å². The van der Waals surface area contributed by atoms with E-state index in [1.165, 1.54) is 44.9 Å². The first kappa shape index (κ1) is 36.0. The van der Waals surface area contributed by atoms with E-state index in [0.717, 1.165) is 51.4 Å². The quantitative estimate of drug-likeness (QED) is 0.0750. The highest BCUT2D eigenvalue weighted by molar-refractivity contribution is 7.88. The van der Waals surface area contributed by atoms with Crippen molar-refractivity contribution in [1.82, 2.24) is 6.15 Å². The van der Waals surface area contributed by atoms with E-state index in [4.69, 9.17) is 0 Å². The molecule has 0 bridgehead atoms. The van der Waals surface area contributed by atoms with Crippen molar-refractivity contribution < 1.29 is 32.8 Å². The molecule has 0 aromatic rings. The molecule has 8 nitrogen and oxygen atoms in total. The molecule has 9 heteroatoms. The zero-order chi connectivity index (χ0) is 25.9. The maximum Gasteiger partial charge on any atom is 0.328 e. The summed E-state index contributed by atoms with van der Waals surface area (Å²) in [5.41, 5.74) is 0. The topological polar surface area (TPSA) is 164 Å². The second-order valence-corrected chi connectivity index (χ2v) is 11.4. The summed E-state index contributed by atoms with van der Waals surface area (Å²) in [5.74, 6) is -4.91. The van der Waals surface area contributed by atoms with Crippen molar-refractivity contribution in [3.63, 3.8) is 0 Å². The predicted octanol–water partition coefficient (Wildman–Crippen LogP) is 7.40. The molecule has 0 saturated heterocycles. The van der Waals surface area contributed by atoms with Crippen LogP contribution in [0.15, 0.2) is 0 Å². The third-order valence-corrected chi connectivity index (χ3v) is 8.52. The number of carboxylic acid groups (broad SMARTS) is 2. The molecular weight excluding hydrogens is 470 g/mol. The van der Waals surface area contributed by atoms with Crippen LogP contribution < -0.4 is 6.15 Å². The van der Waals surface area contributed by atoms with E-state index in [9.17, 15) is 32.8 Å². The van der Waals surface area contributed by atoms with E-state index in [1.807, 2.05) is 0 Å². The molecular formula is C26H53NO7S. The number of carbonyl (C=O) groups is 2. The summed E-state index contributed by atoms with van der Waals surface area (Å²) in [6.45, 7) is 4.32. The zero-order valence-corrected chi connectivity index (χ0v) is 23.1. The molecule has 2 atom stereocenters. The van der Waals surface area contributed by atoms with Gasteiger partial charge in [-0.05, 0) is 12.8 Å².